The molecule has 1 amide bonds. The van der Waals surface area contributed by atoms with Gasteiger partial charge in [-0.25, -0.2) is 0 Å². The van der Waals surface area contributed by atoms with Gasteiger partial charge in [0.1, 0.15) is 11.3 Å². The minimum Gasteiger partial charge on any atom is -0.511 e. The number of amides is 1. The monoisotopic (exact) mass is 430 g/mol. The largest absolute Gasteiger partial charge is 0.511 e. The Bertz CT molecular complexity index is 1030. The van der Waals surface area contributed by atoms with Gasteiger partial charge in [-0.05, 0) is 41.8 Å². The van der Waals surface area contributed by atoms with Gasteiger partial charge in [-0.2, -0.15) is 13.2 Å². The number of carbonyl (C=O) groups is 1. The molecule has 162 valence electrons. The third kappa shape index (κ3) is 6.05. The van der Waals surface area contributed by atoms with Crippen molar-refractivity contribution in [3.05, 3.63) is 89.2 Å². The first kappa shape index (κ1) is 22.3. The molecular weight excluding hydrogens is 409 g/mol. The lowest BCUT2D eigenvalue weighted by atomic mass is 9.98. The molecule has 3 N–H and O–H groups in total. The first-order valence-corrected chi connectivity index (χ1v) is 9.49. The number of nitrogens with one attached hydrogen (secondary N) is 1. The Kier molecular flexibility index (Phi) is 6.60. The number of aliphatic hydroxyl groups is 2. The molecule has 0 fully saturated rings. The highest BCUT2D eigenvalue weighted by molar-refractivity contribution is 6.30. The van der Waals surface area contributed by atoms with Crippen LogP contribution in [0.1, 0.15) is 17.5 Å². The maximum atomic E-state index is 12.7. The van der Waals surface area contributed by atoms with Crippen LogP contribution in [-0.4, -0.2) is 34.5 Å². The van der Waals surface area contributed by atoms with Crippen LogP contribution in [0.15, 0.2) is 83.1 Å². The van der Waals surface area contributed by atoms with E-state index in [9.17, 15) is 28.2 Å². The summed E-state index contributed by atoms with van der Waals surface area (Å²) in [6.07, 6.45) is -5.40. The van der Waals surface area contributed by atoms with Crippen molar-refractivity contribution in [3.8, 4) is 0 Å². The summed E-state index contributed by atoms with van der Waals surface area (Å²) in [6.45, 7) is 4.12. The summed E-state index contributed by atoms with van der Waals surface area (Å²) in [5.74, 6) is -1.07. The number of rotatable bonds is 8. The van der Waals surface area contributed by atoms with Crippen LogP contribution < -0.4 is 5.32 Å². The second-order valence-electron chi connectivity index (χ2n) is 7.15. The predicted octanol–water partition coefficient (Wildman–Crippen LogP) is 4.46. The number of anilines is 1. The lowest BCUT2D eigenvalue weighted by Crippen LogP contribution is -2.22. The number of aliphatic imine (C=N–C) groups is 1. The Morgan fingerprint density at radius 1 is 1.13 bits per heavy atom. The molecule has 0 bridgehead atoms. The van der Waals surface area contributed by atoms with Crippen molar-refractivity contribution in [3.63, 3.8) is 0 Å². The third-order valence-corrected chi connectivity index (χ3v) is 4.72. The molecule has 0 aliphatic carbocycles. The first-order valence-electron chi connectivity index (χ1n) is 9.49. The van der Waals surface area contributed by atoms with Gasteiger partial charge >= 0.3 is 6.18 Å². The summed E-state index contributed by atoms with van der Waals surface area (Å²) in [7, 11) is 0. The van der Waals surface area contributed by atoms with Gasteiger partial charge in [-0.3, -0.25) is 9.79 Å². The lowest BCUT2D eigenvalue weighted by molar-refractivity contribution is -0.137. The summed E-state index contributed by atoms with van der Waals surface area (Å²) in [6, 6.07) is 13.3. The minimum atomic E-state index is -4.48. The summed E-state index contributed by atoms with van der Waals surface area (Å²) >= 11 is 0. The van der Waals surface area contributed by atoms with Crippen LogP contribution >= 0.6 is 0 Å². The Morgan fingerprint density at radius 2 is 1.74 bits per heavy atom. The fourth-order valence-electron chi connectivity index (χ4n) is 2.97. The van der Waals surface area contributed by atoms with Gasteiger partial charge in [0, 0.05) is 12.1 Å². The van der Waals surface area contributed by atoms with Gasteiger partial charge in [0.05, 0.1) is 23.9 Å². The van der Waals surface area contributed by atoms with E-state index in [2.05, 4.69) is 16.9 Å². The lowest BCUT2D eigenvalue weighted by Gasteiger charge is -2.15. The van der Waals surface area contributed by atoms with Crippen LogP contribution in [0.5, 0.6) is 0 Å². The van der Waals surface area contributed by atoms with Crippen molar-refractivity contribution in [1.82, 2.24) is 0 Å². The van der Waals surface area contributed by atoms with Crippen molar-refractivity contribution >= 4 is 17.3 Å². The van der Waals surface area contributed by atoms with Crippen LogP contribution in [-0.2, 0) is 17.4 Å². The van der Waals surface area contributed by atoms with Crippen molar-refractivity contribution in [2.24, 2.45) is 4.99 Å². The molecule has 0 aromatic heterocycles. The zero-order chi connectivity index (χ0) is 22.6. The average Bonchev–Trinajstić information content (AvgIpc) is 3.53. The van der Waals surface area contributed by atoms with E-state index in [1.807, 2.05) is 30.3 Å². The molecule has 0 radical (unpaired) electrons. The number of aliphatic hydroxyl groups excluding tert-OH is 2. The van der Waals surface area contributed by atoms with Crippen LogP contribution in [0.2, 0.25) is 0 Å². The highest BCUT2D eigenvalue weighted by Gasteiger charge is 2.31. The molecule has 0 saturated heterocycles. The maximum absolute atomic E-state index is 12.7. The quantitative estimate of drug-likeness (QED) is 0.329. The Morgan fingerprint density at radius 3 is 2.29 bits per heavy atom. The number of alkyl halides is 3. The van der Waals surface area contributed by atoms with E-state index in [1.54, 1.807) is 0 Å². The van der Waals surface area contributed by atoms with E-state index in [4.69, 9.17) is 0 Å². The third-order valence-electron chi connectivity index (χ3n) is 4.72. The molecule has 1 aliphatic rings. The highest BCUT2D eigenvalue weighted by atomic mass is 19.4. The number of hydrogen-bond donors (Lipinski definition) is 3. The summed E-state index contributed by atoms with van der Waals surface area (Å²) in [5, 5.41) is 23.4. The van der Waals surface area contributed by atoms with Gasteiger partial charge in [-0.1, -0.05) is 36.9 Å². The Balaban J connectivity index is 1.69. The molecule has 1 atom stereocenters. The number of nitrogens with zero attached hydrogens (tertiary/aromatic N) is 1. The van der Waals surface area contributed by atoms with E-state index in [0.717, 1.165) is 29.8 Å². The molecule has 1 heterocycles. The minimum absolute atomic E-state index is 0.0912. The summed E-state index contributed by atoms with van der Waals surface area (Å²) in [4.78, 5) is 16.6. The fraction of sp³-hybridized carbons (Fsp3) is 0.217. The van der Waals surface area contributed by atoms with E-state index in [-0.39, 0.29) is 30.0 Å². The molecule has 1 aliphatic heterocycles. The molecule has 0 saturated carbocycles. The van der Waals surface area contributed by atoms with E-state index >= 15 is 0 Å². The molecular formula is C23H21F3N2O3. The zero-order valence-electron chi connectivity index (χ0n) is 16.5. The van der Waals surface area contributed by atoms with Gasteiger partial charge in [0.2, 0.25) is 0 Å². The van der Waals surface area contributed by atoms with E-state index < -0.39 is 23.8 Å². The molecule has 0 spiro atoms. The van der Waals surface area contributed by atoms with Crippen LogP contribution in [0, 0.1) is 0 Å². The first-order chi connectivity index (χ1) is 14.6. The van der Waals surface area contributed by atoms with Crippen molar-refractivity contribution in [1.29, 1.82) is 0 Å². The molecule has 31 heavy (non-hydrogen) atoms. The van der Waals surface area contributed by atoms with Crippen molar-refractivity contribution in [2.45, 2.75) is 25.1 Å². The van der Waals surface area contributed by atoms with Crippen LogP contribution in [0.3, 0.4) is 0 Å². The smallest absolute Gasteiger partial charge is 0.416 e. The topological polar surface area (TPSA) is 81.9 Å². The number of halogens is 3. The van der Waals surface area contributed by atoms with Gasteiger partial charge < -0.3 is 15.5 Å². The number of hydrogen-bond acceptors (Lipinski definition) is 4. The van der Waals surface area contributed by atoms with Gasteiger partial charge in [-0.15, -0.1) is 0 Å². The van der Waals surface area contributed by atoms with E-state index in [1.165, 1.54) is 0 Å². The molecule has 2 aromatic carbocycles. The summed E-state index contributed by atoms with van der Waals surface area (Å²) in [5.41, 5.74) is 0.989. The Labute approximate surface area is 177 Å². The van der Waals surface area contributed by atoms with Crippen LogP contribution in [0.4, 0.5) is 18.9 Å². The SMILES string of the molecule is C=C(Cc1ccccc1)C(O)C/C(O)=C(/C(=O)Nc1ccc(C(F)(F)F)cc1)C1=NC1. The second kappa shape index (κ2) is 9.18. The number of benzene rings is 2. The van der Waals surface area contributed by atoms with Gasteiger partial charge in [0.25, 0.3) is 5.91 Å². The molecule has 2 aromatic rings. The van der Waals surface area contributed by atoms with Crippen molar-refractivity contribution in [2.75, 3.05) is 11.9 Å². The average molecular weight is 430 g/mol. The molecule has 5 nitrogen and oxygen atoms in total. The highest BCUT2D eigenvalue weighted by Crippen LogP contribution is 2.30. The standard InChI is InChI=1S/C23H21F3N2O3/c1-14(11-15-5-3-2-4-6-15)19(29)12-20(30)21(18-13-27-18)22(31)28-17-9-7-16(8-10-17)23(24,25)26/h2-10,19,29-30H,1,11-13H2,(H,28,31)/b21-20-. The Hall–Kier alpha value is -3.39. The molecule has 1 unspecified atom stereocenters. The van der Waals surface area contributed by atoms with E-state index in [0.29, 0.717) is 17.7 Å². The predicted molar refractivity (Wildman–Crippen MR) is 112 cm³/mol. The molecule has 8 heteroatoms. The van der Waals surface area contributed by atoms with Gasteiger partial charge in [0.15, 0.2) is 0 Å². The number of carbonyl (C=O) groups excluding carboxylic acids is 1. The maximum Gasteiger partial charge on any atom is 0.416 e. The zero-order valence-corrected chi connectivity index (χ0v) is 16.5. The van der Waals surface area contributed by atoms with Crippen molar-refractivity contribution < 1.29 is 28.2 Å². The van der Waals surface area contributed by atoms with Crippen LogP contribution in [0.25, 0.3) is 0 Å². The second-order valence-corrected chi connectivity index (χ2v) is 7.15. The summed E-state index contributed by atoms with van der Waals surface area (Å²) < 4.78 is 38.0. The normalized spacial score (nSPS) is 14.9. The fourth-order valence-corrected chi connectivity index (χ4v) is 2.97. The molecule has 3 rings (SSSR count).